The van der Waals surface area contributed by atoms with E-state index in [9.17, 15) is 13.2 Å². The van der Waals surface area contributed by atoms with Crippen LogP contribution in [0.5, 0.6) is 0 Å². The van der Waals surface area contributed by atoms with E-state index in [4.69, 9.17) is 0 Å². The summed E-state index contributed by atoms with van der Waals surface area (Å²) in [6.45, 7) is 3.98. The Balaban J connectivity index is 0.00000208. The molecule has 0 saturated carbocycles. The fourth-order valence-corrected chi connectivity index (χ4v) is 6.00. The number of nitrogens with zero attached hydrogens (tertiary/aromatic N) is 2. The second kappa shape index (κ2) is 8.34. The molecule has 0 radical (unpaired) electrons. The highest BCUT2D eigenvalue weighted by Gasteiger charge is 2.41. The molecule has 3 heterocycles. The number of carbonyl (C=O) groups is 1. The quantitative estimate of drug-likeness (QED) is 0.782. The maximum absolute atomic E-state index is 13.0. The predicted molar refractivity (Wildman–Crippen MR) is 96.8 cm³/mol. The van der Waals surface area contributed by atoms with Crippen molar-refractivity contribution in [1.82, 2.24) is 14.5 Å². The highest BCUT2D eigenvalue weighted by molar-refractivity contribution is 7.89. The average Bonchev–Trinajstić information content (AvgIpc) is 3.11. The minimum absolute atomic E-state index is 0. The summed E-state index contributed by atoms with van der Waals surface area (Å²) >= 11 is 0. The van der Waals surface area contributed by atoms with Crippen molar-refractivity contribution >= 4 is 28.3 Å². The Morgan fingerprint density at radius 3 is 2.62 bits per heavy atom. The number of likely N-dealkylation sites (tertiary alicyclic amines) is 1. The second-order valence-electron chi connectivity index (χ2n) is 7.15. The van der Waals surface area contributed by atoms with Gasteiger partial charge in [0.15, 0.2) is 0 Å². The molecular formula is C16H30ClN3O3S. The Hall–Kier alpha value is -0.370. The summed E-state index contributed by atoms with van der Waals surface area (Å²) in [4.78, 5) is 14.9. The summed E-state index contributed by atoms with van der Waals surface area (Å²) in [6.07, 6.45) is 6.29. The summed E-state index contributed by atoms with van der Waals surface area (Å²) in [7, 11) is -3.30. The lowest BCUT2D eigenvalue weighted by atomic mass is 10.1. The zero-order chi connectivity index (χ0) is 16.4. The van der Waals surface area contributed by atoms with Gasteiger partial charge in [-0.25, -0.2) is 8.42 Å². The number of amides is 1. The number of fused-ring (bicyclic) bond motifs is 2. The molecule has 140 valence electrons. The Labute approximate surface area is 151 Å². The van der Waals surface area contributed by atoms with Gasteiger partial charge in [0.25, 0.3) is 0 Å². The van der Waals surface area contributed by atoms with Crippen molar-refractivity contribution in [2.24, 2.45) is 0 Å². The Kier molecular flexibility index (Phi) is 6.93. The average molecular weight is 380 g/mol. The number of unbranched alkanes of at least 4 members (excludes halogenated alkanes) is 1. The van der Waals surface area contributed by atoms with E-state index in [0.29, 0.717) is 31.5 Å². The first-order valence-electron chi connectivity index (χ1n) is 9.05. The number of carbonyl (C=O) groups excluding carboxylic acids is 1. The first-order valence-corrected chi connectivity index (χ1v) is 10.7. The van der Waals surface area contributed by atoms with Gasteiger partial charge < -0.3 is 10.2 Å². The van der Waals surface area contributed by atoms with Crippen molar-refractivity contribution in [3.63, 3.8) is 0 Å². The lowest BCUT2D eigenvalue weighted by Crippen LogP contribution is -2.50. The molecular weight excluding hydrogens is 350 g/mol. The normalized spacial score (nSPS) is 30.9. The zero-order valence-electron chi connectivity index (χ0n) is 14.4. The summed E-state index contributed by atoms with van der Waals surface area (Å²) in [5.74, 6) is 0.191. The first kappa shape index (κ1) is 19.9. The summed E-state index contributed by atoms with van der Waals surface area (Å²) in [6, 6.07) is 0.456. The fraction of sp³-hybridized carbons (Fsp3) is 0.938. The molecule has 0 aliphatic carbocycles. The van der Waals surface area contributed by atoms with Crippen LogP contribution >= 0.6 is 12.4 Å². The highest BCUT2D eigenvalue weighted by Crippen LogP contribution is 2.26. The van der Waals surface area contributed by atoms with Crippen LogP contribution in [0.2, 0.25) is 0 Å². The fourth-order valence-electron chi connectivity index (χ4n) is 4.12. The van der Waals surface area contributed by atoms with Gasteiger partial charge in [-0.2, -0.15) is 4.31 Å². The molecule has 3 rings (SSSR count). The van der Waals surface area contributed by atoms with Crippen LogP contribution in [0.15, 0.2) is 0 Å². The standard InChI is InChI=1S/C16H29N3O3S.ClH/c1-2-3-11-23(21,22)19-9-4-5-15(19)16(20)18-10-8-13-6-7-14(12-18)17-13;/h13-15,17H,2-12H2,1H3;1H. The van der Waals surface area contributed by atoms with Crippen LogP contribution in [0.1, 0.15) is 51.9 Å². The number of hydrogen-bond donors (Lipinski definition) is 1. The van der Waals surface area contributed by atoms with Crippen molar-refractivity contribution in [2.75, 3.05) is 25.4 Å². The molecule has 3 aliphatic rings. The van der Waals surface area contributed by atoms with E-state index in [1.165, 1.54) is 10.7 Å². The topological polar surface area (TPSA) is 69.7 Å². The summed E-state index contributed by atoms with van der Waals surface area (Å²) in [5, 5.41) is 3.57. The van der Waals surface area contributed by atoms with E-state index in [2.05, 4.69) is 5.32 Å². The highest BCUT2D eigenvalue weighted by atomic mass is 35.5. The molecule has 3 aliphatic heterocycles. The van der Waals surface area contributed by atoms with Crippen molar-refractivity contribution in [3.8, 4) is 0 Å². The van der Waals surface area contributed by atoms with Gasteiger partial charge >= 0.3 is 0 Å². The molecule has 0 aromatic heterocycles. The van der Waals surface area contributed by atoms with E-state index in [0.717, 1.165) is 38.8 Å². The molecule has 0 aromatic carbocycles. The van der Waals surface area contributed by atoms with Crippen molar-refractivity contribution in [1.29, 1.82) is 0 Å². The molecule has 6 nitrogen and oxygen atoms in total. The van der Waals surface area contributed by atoms with Gasteiger partial charge in [-0.05, 0) is 38.5 Å². The second-order valence-corrected chi connectivity index (χ2v) is 9.19. The van der Waals surface area contributed by atoms with Crippen molar-refractivity contribution in [3.05, 3.63) is 0 Å². The third-order valence-corrected chi connectivity index (χ3v) is 7.39. The van der Waals surface area contributed by atoms with Gasteiger partial charge in [-0.1, -0.05) is 13.3 Å². The Morgan fingerprint density at radius 2 is 1.88 bits per heavy atom. The van der Waals surface area contributed by atoms with E-state index in [1.54, 1.807) is 0 Å². The van der Waals surface area contributed by atoms with Gasteiger partial charge in [-0.15, -0.1) is 12.4 Å². The van der Waals surface area contributed by atoms with Crippen LogP contribution in [0.4, 0.5) is 0 Å². The van der Waals surface area contributed by atoms with Crippen molar-refractivity contribution < 1.29 is 13.2 Å². The van der Waals surface area contributed by atoms with Gasteiger partial charge in [0.1, 0.15) is 6.04 Å². The molecule has 3 saturated heterocycles. The monoisotopic (exact) mass is 379 g/mol. The minimum atomic E-state index is -3.30. The number of nitrogens with one attached hydrogen (secondary N) is 1. The van der Waals surface area contributed by atoms with E-state index in [1.807, 2.05) is 11.8 Å². The zero-order valence-corrected chi connectivity index (χ0v) is 16.1. The number of hydrogen-bond acceptors (Lipinski definition) is 4. The largest absolute Gasteiger partial charge is 0.340 e. The van der Waals surface area contributed by atoms with Crippen LogP contribution in [0.3, 0.4) is 0 Å². The smallest absolute Gasteiger partial charge is 0.241 e. The number of halogens is 1. The predicted octanol–water partition coefficient (Wildman–Crippen LogP) is 1.36. The molecule has 0 aromatic rings. The SMILES string of the molecule is CCCCS(=O)(=O)N1CCCC1C(=O)N1CCC2CCC(C1)N2.Cl. The Bertz CT molecular complexity index is 543. The maximum atomic E-state index is 13.0. The van der Waals surface area contributed by atoms with Gasteiger partial charge in [0.2, 0.25) is 15.9 Å². The van der Waals surface area contributed by atoms with Gasteiger partial charge in [0.05, 0.1) is 5.75 Å². The van der Waals surface area contributed by atoms with Crippen LogP contribution in [0.25, 0.3) is 0 Å². The third-order valence-electron chi connectivity index (χ3n) is 5.44. The maximum Gasteiger partial charge on any atom is 0.241 e. The minimum Gasteiger partial charge on any atom is -0.340 e. The summed E-state index contributed by atoms with van der Waals surface area (Å²) < 4.78 is 26.5. The van der Waals surface area contributed by atoms with Crippen molar-refractivity contribution in [2.45, 2.75) is 70.0 Å². The van der Waals surface area contributed by atoms with Crippen LogP contribution in [-0.4, -0.2) is 67.0 Å². The lowest BCUT2D eigenvalue weighted by molar-refractivity contribution is -0.134. The number of sulfonamides is 1. The molecule has 3 atom stereocenters. The van der Waals surface area contributed by atoms with E-state index in [-0.39, 0.29) is 24.1 Å². The lowest BCUT2D eigenvalue weighted by Gasteiger charge is -2.30. The van der Waals surface area contributed by atoms with E-state index < -0.39 is 16.1 Å². The third kappa shape index (κ3) is 4.23. The molecule has 1 N–H and O–H groups in total. The molecule has 8 heteroatoms. The Morgan fingerprint density at radius 1 is 1.12 bits per heavy atom. The molecule has 0 spiro atoms. The van der Waals surface area contributed by atoms with Crippen LogP contribution < -0.4 is 5.32 Å². The molecule has 3 fully saturated rings. The molecule has 2 bridgehead atoms. The van der Waals surface area contributed by atoms with Crippen LogP contribution in [0, 0.1) is 0 Å². The summed E-state index contributed by atoms with van der Waals surface area (Å²) in [5.41, 5.74) is 0. The molecule has 24 heavy (non-hydrogen) atoms. The molecule has 1 amide bonds. The molecule has 3 unspecified atom stereocenters. The first-order chi connectivity index (χ1) is 11.0. The van der Waals surface area contributed by atoms with Gasteiger partial charge in [0, 0.05) is 31.7 Å². The number of rotatable bonds is 5. The van der Waals surface area contributed by atoms with Gasteiger partial charge in [-0.3, -0.25) is 4.79 Å². The van der Waals surface area contributed by atoms with Crippen LogP contribution in [-0.2, 0) is 14.8 Å². The van der Waals surface area contributed by atoms with E-state index >= 15 is 0 Å².